The number of sulfonamides is 1. The van der Waals surface area contributed by atoms with Crippen LogP contribution in [-0.2, 0) is 26.2 Å². The maximum Gasteiger partial charge on any atom is 0.264 e. The smallest absolute Gasteiger partial charge is 0.264 e. The number of benzene rings is 3. The molecule has 1 N–H and O–H groups in total. The largest absolute Gasteiger partial charge is 0.494 e. The van der Waals surface area contributed by atoms with Crippen LogP contribution in [0, 0.1) is 5.82 Å². The third kappa shape index (κ3) is 7.88. The predicted octanol–water partition coefficient (Wildman–Crippen LogP) is 5.29. The molecule has 1 fully saturated rings. The Hall–Kier alpha value is -3.92. The summed E-state index contributed by atoms with van der Waals surface area (Å²) in [6.45, 7) is 3.48. The molecule has 0 unspecified atom stereocenters. The van der Waals surface area contributed by atoms with Crippen LogP contribution in [0.2, 0.25) is 0 Å². The van der Waals surface area contributed by atoms with Gasteiger partial charge in [-0.05, 0) is 80.8 Å². The van der Waals surface area contributed by atoms with Crippen LogP contribution in [0.3, 0.4) is 0 Å². The van der Waals surface area contributed by atoms with Gasteiger partial charge in [0.25, 0.3) is 10.0 Å². The SMILES string of the molecule is CCOc1ccc(N(CC(=O)N(Cc2ccccc2)[C@@H](C)C(=O)NC2CCCCC2)S(=O)(=O)c2ccc(F)cc2)cc1. The average Bonchev–Trinajstić information content (AvgIpc) is 3.00. The quantitative estimate of drug-likeness (QED) is 0.307. The molecule has 0 spiro atoms. The first-order chi connectivity index (χ1) is 20.2. The van der Waals surface area contributed by atoms with Gasteiger partial charge in [0.1, 0.15) is 24.2 Å². The molecule has 42 heavy (non-hydrogen) atoms. The van der Waals surface area contributed by atoms with Gasteiger partial charge in [0.2, 0.25) is 11.8 Å². The minimum atomic E-state index is -4.29. The number of anilines is 1. The normalized spacial score (nSPS) is 14.5. The lowest BCUT2D eigenvalue weighted by Gasteiger charge is -2.33. The Morgan fingerprint density at radius 3 is 2.21 bits per heavy atom. The predicted molar refractivity (Wildman–Crippen MR) is 160 cm³/mol. The van der Waals surface area contributed by atoms with E-state index in [9.17, 15) is 22.4 Å². The lowest BCUT2D eigenvalue weighted by molar-refractivity contribution is -0.139. The number of nitrogens with zero attached hydrogens (tertiary/aromatic N) is 2. The van der Waals surface area contributed by atoms with Crippen molar-refractivity contribution in [3.05, 3.63) is 90.2 Å². The second-order valence-corrected chi connectivity index (χ2v) is 12.3. The molecule has 1 aliphatic rings. The molecule has 1 saturated carbocycles. The standard InChI is InChI=1S/C32H38FN3O5S/c1-3-41-29-18-16-28(17-19-29)36(42(39,40)30-20-14-26(33)15-21-30)23-31(37)35(22-25-10-6-4-7-11-25)24(2)32(38)34-27-12-8-5-9-13-27/h4,6-7,10-11,14-21,24,27H,3,5,8-9,12-13,22-23H2,1-2H3,(H,34,38)/t24-/m0/s1. The van der Waals surface area contributed by atoms with Crippen molar-refractivity contribution in [2.24, 2.45) is 0 Å². The van der Waals surface area contributed by atoms with Crippen LogP contribution in [0.25, 0.3) is 0 Å². The molecule has 10 heteroatoms. The third-order valence-electron chi connectivity index (χ3n) is 7.43. The molecule has 0 aromatic heterocycles. The van der Waals surface area contributed by atoms with E-state index in [4.69, 9.17) is 4.74 Å². The highest BCUT2D eigenvalue weighted by Gasteiger charge is 2.33. The Labute approximate surface area is 247 Å². The fraction of sp³-hybridized carbons (Fsp3) is 0.375. The van der Waals surface area contributed by atoms with E-state index in [1.165, 1.54) is 17.0 Å². The number of nitrogens with one attached hydrogen (secondary N) is 1. The highest BCUT2D eigenvalue weighted by atomic mass is 32.2. The van der Waals surface area contributed by atoms with E-state index in [0.717, 1.165) is 54.1 Å². The lowest BCUT2D eigenvalue weighted by atomic mass is 9.95. The van der Waals surface area contributed by atoms with Crippen molar-refractivity contribution in [2.75, 3.05) is 17.5 Å². The molecule has 0 aliphatic heterocycles. The molecule has 0 radical (unpaired) electrons. The zero-order chi connectivity index (χ0) is 30.1. The zero-order valence-corrected chi connectivity index (χ0v) is 24.9. The lowest BCUT2D eigenvalue weighted by Crippen LogP contribution is -2.53. The van der Waals surface area contributed by atoms with E-state index in [0.29, 0.717) is 12.4 Å². The van der Waals surface area contributed by atoms with Gasteiger partial charge < -0.3 is 15.0 Å². The number of ether oxygens (including phenoxy) is 1. The molecule has 2 amide bonds. The van der Waals surface area contributed by atoms with Gasteiger partial charge in [-0.1, -0.05) is 49.6 Å². The summed E-state index contributed by atoms with van der Waals surface area (Å²) < 4.78 is 47.9. The molecule has 1 aliphatic carbocycles. The number of halogens is 1. The van der Waals surface area contributed by atoms with Gasteiger partial charge in [-0.3, -0.25) is 13.9 Å². The zero-order valence-electron chi connectivity index (χ0n) is 24.0. The summed E-state index contributed by atoms with van der Waals surface area (Å²) in [4.78, 5) is 28.6. The third-order valence-corrected chi connectivity index (χ3v) is 9.22. The van der Waals surface area contributed by atoms with E-state index < -0.39 is 34.3 Å². The Morgan fingerprint density at radius 2 is 1.60 bits per heavy atom. The molecule has 8 nitrogen and oxygen atoms in total. The monoisotopic (exact) mass is 595 g/mol. The van der Waals surface area contributed by atoms with E-state index in [1.54, 1.807) is 31.2 Å². The van der Waals surface area contributed by atoms with Crippen molar-refractivity contribution in [3.63, 3.8) is 0 Å². The molecule has 0 bridgehead atoms. The molecule has 3 aromatic rings. The average molecular weight is 596 g/mol. The van der Waals surface area contributed by atoms with Crippen LogP contribution in [-0.4, -0.2) is 50.4 Å². The summed E-state index contributed by atoms with van der Waals surface area (Å²) in [5.74, 6) is -0.861. The summed E-state index contributed by atoms with van der Waals surface area (Å²) in [6.07, 6.45) is 5.03. The van der Waals surface area contributed by atoms with E-state index >= 15 is 0 Å². The summed E-state index contributed by atoms with van der Waals surface area (Å²) in [5, 5.41) is 3.09. The van der Waals surface area contributed by atoms with Gasteiger partial charge >= 0.3 is 0 Å². The molecular weight excluding hydrogens is 557 g/mol. The first-order valence-electron chi connectivity index (χ1n) is 14.3. The van der Waals surface area contributed by atoms with Crippen LogP contribution in [0.5, 0.6) is 5.75 Å². The number of rotatable bonds is 12. The van der Waals surface area contributed by atoms with Gasteiger partial charge in [-0.15, -0.1) is 0 Å². The van der Waals surface area contributed by atoms with Crippen molar-refractivity contribution in [2.45, 2.75) is 69.5 Å². The van der Waals surface area contributed by atoms with Crippen LogP contribution < -0.4 is 14.4 Å². The van der Waals surface area contributed by atoms with Crippen LogP contribution >= 0.6 is 0 Å². The number of carbonyl (C=O) groups is 2. The van der Waals surface area contributed by atoms with E-state index in [2.05, 4.69) is 5.32 Å². The van der Waals surface area contributed by atoms with Crippen molar-refractivity contribution >= 4 is 27.5 Å². The highest BCUT2D eigenvalue weighted by Crippen LogP contribution is 2.27. The van der Waals surface area contributed by atoms with Crippen molar-refractivity contribution < 1.29 is 27.1 Å². The Bertz CT molecular complexity index is 1430. The number of amides is 2. The Kier molecular flexibility index (Phi) is 10.6. The topological polar surface area (TPSA) is 96.0 Å². The summed E-state index contributed by atoms with van der Waals surface area (Å²) >= 11 is 0. The maximum atomic E-state index is 14.0. The number of hydrogen-bond donors (Lipinski definition) is 1. The van der Waals surface area contributed by atoms with Gasteiger partial charge in [-0.2, -0.15) is 0 Å². The molecule has 0 heterocycles. The summed E-state index contributed by atoms with van der Waals surface area (Å²) in [6, 6.07) is 19.3. The molecule has 3 aromatic carbocycles. The summed E-state index contributed by atoms with van der Waals surface area (Å²) in [7, 11) is -4.29. The van der Waals surface area contributed by atoms with E-state index in [-0.39, 0.29) is 29.1 Å². The Balaban J connectivity index is 1.66. The van der Waals surface area contributed by atoms with Gasteiger partial charge in [0, 0.05) is 12.6 Å². The fourth-order valence-corrected chi connectivity index (χ4v) is 6.48. The van der Waals surface area contributed by atoms with Crippen molar-refractivity contribution in [1.29, 1.82) is 0 Å². The molecule has 4 rings (SSSR count). The second kappa shape index (κ2) is 14.3. The molecule has 0 saturated heterocycles. The Morgan fingerprint density at radius 1 is 0.952 bits per heavy atom. The summed E-state index contributed by atoms with van der Waals surface area (Å²) in [5.41, 5.74) is 1.03. The fourth-order valence-electron chi connectivity index (χ4n) is 5.07. The van der Waals surface area contributed by atoms with Gasteiger partial charge in [0.15, 0.2) is 0 Å². The molecule has 224 valence electrons. The second-order valence-electron chi connectivity index (χ2n) is 10.4. The molecular formula is C32H38FN3O5S. The first kappa shape index (κ1) is 31.0. The van der Waals surface area contributed by atoms with Gasteiger partial charge in [-0.25, -0.2) is 12.8 Å². The maximum absolute atomic E-state index is 14.0. The van der Waals surface area contributed by atoms with Crippen LogP contribution in [0.15, 0.2) is 83.8 Å². The van der Waals surface area contributed by atoms with Gasteiger partial charge in [0.05, 0.1) is 17.2 Å². The molecule has 1 atom stereocenters. The number of hydrogen-bond acceptors (Lipinski definition) is 5. The minimum absolute atomic E-state index is 0.0570. The van der Waals surface area contributed by atoms with Crippen LogP contribution in [0.4, 0.5) is 10.1 Å². The van der Waals surface area contributed by atoms with E-state index in [1.807, 2.05) is 37.3 Å². The first-order valence-corrected chi connectivity index (χ1v) is 15.8. The number of carbonyl (C=O) groups excluding carboxylic acids is 2. The van der Waals surface area contributed by atoms with Crippen LogP contribution in [0.1, 0.15) is 51.5 Å². The highest BCUT2D eigenvalue weighted by molar-refractivity contribution is 7.92. The minimum Gasteiger partial charge on any atom is -0.494 e. The van der Waals surface area contributed by atoms with Crippen molar-refractivity contribution in [1.82, 2.24) is 10.2 Å². The van der Waals surface area contributed by atoms with Crippen molar-refractivity contribution in [3.8, 4) is 5.75 Å².